The molecule has 3 N–H and O–H groups in total. The minimum absolute atomic E-state index is 0.0311. The van der Waals surface area contributed by atoms with Crippen molar-refractivity contribution in [1.82, 2.24) is 14.9 Å². The topological polar surface area (TPSA) is 201 Å². The highest BCUT2D eigenvalue weighted by molar-refractivity contribution is 5.94. The van der Waals surface area contributed by atoms with Gasteiger partial charge in [-0.15, -0.1) is 0 Å². The fourth-order valence-electron chi connectivity index (χ4n) is 5.83. The lowest BCUT2D eigenvalue weighted by Gasteiger charge is -2.31. The summed E-state index contributed by atoms with van der Waals surface area (Å²) in [4.78, 5) is 66.8. The van der Waals surface area contributed by atoms with Gasteiger partial charge >= 0.3 is 18.2 Å². The zero-order valence-electron chi connectivity index (χ0n) is 26.7. The highest BCUT2D eigenvalue weighted by Crippen LogP contribution is 2.41. The van der Waals surface area contributed by atoms with Crippen LogP contribution >= 0.6 is 0 Å². The van der Waals surface area contributed by atoms with Gasteiger partial charge in [0, 0.05) is 41.3 Å². The molecular formula is C33H30FN5O10. The standard InChI is InChI=1S/C33H30FN5O10/c1-5-33(44)22-11-26-27-20(14-38(26)28(40)21(22)15-47-29(33)41)19(13-35-30(42)48-17-8-6-16(7-9-17)39(45)46)18-10-25(23(34)12-24(18)36-27)37-31(43)49-32(2,3)4/h6-12,44H,5,13-15H2,1-4H3,(H,35,42)(H,37,43)/t33-/m0/s1. The van der Waals surface area contributed by atoms with Gasteiger partial charge in [0.05, 0.1) is 39.6 Å². The predicted octanol–water partition coefficient (Wildman–Crippen LogP) is 4.76. The number of pyridine rings is 2. The number of aliphatic hydroxyl groups is 1. The number of nitro benzene ring substituents is 1. The average Bonchev–Trinajstić information content (AvgIpc) is 3.39. The van der Waals surface area contributed by atoms with E-state index >= 15 is 4.39 Å². The van der Waals surface area contributed by atoms with Crippen LogP contribution in [0.1, 0.15) is 56.4 Å². The van der Waals surface area contributed by atoms with Gasteiger partial charge in [-0.05, 0) is 57.0 Å². The maximum Gasteiger partial charge on any atom is 0.412 e. The number of nitrogens with zero attached hydrogens (tertiary/aromatic N) is 3. The van der Waals surface area contributed by atoms with Gasteiger partial charge in [0.2, 0.25) is 0 Å². The number of non-ortho nitro benzene ring substituents is 1. The lowest BCUT2D eigenvalue weighted by Crippen LogP contribution is -2.44. The second kappa shape index (κ2) is 12.0. The number of carbonyl (C=O) groups is 3. The number of ether oxygens (including phenoxy) is 3. The fourth-order valence-corrected chi connectivity index (χ4v) is 5.83. The molecule has 6 rings (SSSR count). The van der Waals surface area contributed by atoms with Crippen LogP contribution in [-0.2, 0) is 39.6 Å². The Bertz CT molecular complexity index is 2140. The van der Waals surface area contributed by atoms with Crippen LogP contribution in [-0.4, -0.2) is 43.3 Å². The number of nitrogens with one attached hydrogen (secondary N) is 2. The second-order valence-corrected chi connectivity index (χ2v) is 12.5. The van der Waals surface area contributed by atoms with Gasteiger partial charge in [-0.25, -0.2) is 23.8 Å². The molecule has 4 aromatic rings. The maximum absolute atomic E-state index is 15.4. The van der Waals surface area contributed by atoms with Crippen LogP contribution in [0.3, 0.4) is 0 Å². The molecule has 2 aromatic heterocycles. The quantitative estimate of drug-likeness (QED) is 0.127. The zero-order valence-corrected chi connectivity index (χ0v) is 26.7. The summed E-state index contributed by atoms with van der Waals surface area (Å²) in [6.07, 6.45) is -1.89. The monoisotopic (exact) mass is 675 g/mol. The summed E-state index contributed by atoms with van der Waals surface area (Å²) >= 11 is 0. The Kier molecular flexibility index (Phi) is 8.06. The van der Waals surface area contributed by atoms with Crippen molar-refractivity contribution in [2.24, 2.45) is 0 Å². The van der Waals surface area contributed by atoms with Crippen molar-refractivity contribution in [1.29, 1.82) is 0 Å². The smallest absolute Gasteiger partial charge is 0.412 e. The van der Waals surface area contributed by atoms with Crippen molar-refractivity contribution < 1.29 is 43.0 Å². The predicted molar refractivity (Wildman–Crippen MR) is 170 cm³/mol. The van der Waals surface area contributed by atoms with Gasteiger partial charge in [-0.1, -0.05) is 6.92 Å². The number of benzene rings is 2. The van der Waals surface area contributed by atoms with E-state index in [0.717, 1.165) is 6.07 Å². The van der Waals surface area contributed by atoms with Crippen molar-refractivity contribution in [3.8, 4) is 17.1 Å². The van der Waals surface area contributed by atoms with E-state index in [-0.39, 0.29) is 71.3 Å². The highest BCUT2D eigenvalue weighted by atomic mass is 19.1. The Labute approximate surface area is 276 Å². The summed E-state index contributed by atoms with van der Waals surface area (Å²) in [6.45, 7) is 5.92. The van der Waals surface area contributed by atoms with Crippen LogP contribution in [0.2, 0.25) is 0 Å². The number of cyclic esters (lactones) is 1. The number of carbonyl (C=O) groups excluding carboxylic acids is 3. The molecule has 2 aliphatic rings. The average molecular weight is 676 g/mol. The molecule has 0 unspecified atom stereocenters. The third kappa shape index (κ3) is 6.01. The number of esters is 1. The number of hydrogen-bond acceptors (Lipinski definition) is 11. The van der Waals surface area contributed by atoms with E-state index in [2.05, 4.69) is 15.6 Å². The first-order valence-electron chi connectivity index (χ1n) is 15.1. The zero-order chi connectivity index (χ0) is 35.4. The van der Waals surface area contributed by atoms with Crippen molar-refractivity contribution in [2.45, 2.75) is 65.0 Å². The number of amides is 2. The summed E-state index contributed by atoms with van der Waals surface area (Å²) in [5, 5.41) is 27.5. The number of nitro groups is 1. The molecule has 0 spiro atoms. The first-order valence-corrected chi connectivity index (χ1v) is 15.1. The molecular weight excluding hydrogens is 645 g/mol. The van der Waals surface area contributed by atoms with E-state index < -0.39 is 45.7 Å². The molecule has 254 valence electrons. The SMILES string of the molecule is CC[C@@]1(O)C(=O)OCc2c1cc1n(c2=O)Cc2c-1nc1cc(F)c(NC(=O)OC(C)(C)C)cc1c2CNC(=O)Oc1ccc([N+](=O)[O-])cc1. The van der Waals surface area contributed by atoms with Gasteiger partial charge in [-0.3, -0.25) is 20.2 Å². The Morgan fingerprint density at radius 3 is 2.51 bits per heavy atom. The molecule has 15 nitrogen and oxygen atoms in total. The van der Waals surface area contributed by atoms with Gasteiger partial charge in [-0.2, -0.15) is 0 Å². The van der Waals surface area contributed by atoms with E-state index in [1.165, 1.54) is 41.0 Å². The van der Waals surface area contributed by atoms with E-state index in [9.17, 15) is 34.4 Å². The second-order valence-electron chi connectivity index (χ2n) is 12.5. The summed E-state index contributed by atoms with van der Waals surface area (Å²) < 4.78 is 32.5. The molecule has 2 aliphatic heterocycles. The first kappa shape index (κ1) is 33.0. The maximum atomic E-state index is 15.4. The molecule has 0 radical (unpaired) electrons. The lowest BCUT2D eigenvalue weighted by atomic mass is 9.86. The number of fused-ring (bicyclic) bond motifs is 5. The number of anilines is 1. The molecule has 2 amide bonds. The Balaban J connectivity index is 1.44. The highest BCUT2D eigenvalue weighted by Gasteiger charge is 2.45. The van der Waals surface area contributed by atoms with Crippen LogP contribution in [0.15, 0.2) is 47.3 Å². The summed E-state index contributed by atoms with van der Waals surface area (Å²) in [7, 11) is 0. The fraction of sp³-hybridized carbons (Fsp3) is 0.303. The Morgan fingerprint density at radius 2 is 1.86 bits per heavy atom. The largest absolute Gasteiger partial charge is 0.458 e. The molecule has 16 heteroatoms. The van der Waals surface area contributed by atoms with Crippen LogP contribution in [0.5, 0.6) is 5.75 Å². The molecule has 49 heavy (non-hydrogen) atoms. The van der Waals surface area contributed by atoms with Gasteiger partial charge in [0.25, 0.3) is 11.2 Å². The summed E-state index contributed by atoms with van der Waals surface area (Å²) in [6, 6.07) is 8.77. The molecule has 0 bridgehead atoms. The van der Waals surface area contributed by atoms with Crippen LogP contribution < -0.4 is 20.9 Å². The van der Waals surface area contributed by atoms with Gasteiger partial charge < -0.3 is 29.2 Å². The third-order valence-corrected chi connectivity index (χ3v) is 8.20. The number of hydrogen-bond donors (Lipinski definition) is 3. The lowest BCUT2D eigenvalue weighted by molar-refractivity contribution is -0.384. The third-order valence-electron chi connectivity index (χ3n) is 8.20. The minimum Gasteiger partial charge on any atom is -0.458 e. The van der Waals surface area contributed by atoms with Gasteiger partial charge in [0.1, 0.15) is 23.8 Å². The Morgan fingerprint density at radius 1 is 1.14 bits per heavy atom. The van der Waals surface area contributed by atoms with E-state index in [1.54, 1.807) is 27.7 Å². The first-order chi connectivity index (χ1) is 23.1. The van der Waals surface area contributed by atoms with Crippen LogP contribution in [0.4, 0.5) is 25.4 Å². The number of halogens is 1. The summed E-state index contributed by atoms with van der Waals surface area (Å²) in [5.74, 6) is -1.70. The molecule has 0 saturated heterocycles. The minimum atomic E-state index is -2.07. The number of aromatic nitrogens is 2. The molecule has 1 atom stereocenters. The molecule has 4 heterocycles. The van der Waals surface area contributed by atoms with E-state index in [1.807, 2.05) is 0 Å². The molecule has 0 fully saturated rings. The molecule has 0 saturated carbocycles. The van der Waals surface area contributed by atoms with Crippen LogP contribution in [0.25, 0.3) is 22.3 Å². The van der Waals surface area contributed by atoms with Gasteiger partial charge in [0.15, 0.2) is 5.60 Å². The van der Waals surface area contributed by atoms with E-state index in [0.29, 0.717) is 16.5 Å². The normalized spacial score (nSPS) is 16.2. The van der Waals surface area contributed by atoms with E-state index in [4.69, 9.17) is 14.2 Å². The van der Waals surface area contributed by atoms with Crippen molar-refractivity contribution in [3.05, 3.63) is 91.0 Å². The van der Waals surface area contributed by atoms with Crippen molar-refractivity contribution in [3.63, 3.8) is 0 Å². The van der Waals surface area contributed by atoms with Crippen molar-refractivity contribution in [2.75, 3.05) is 5.32 Å². The summed E-state index contributed by atoms with van der Waals surface area (Å²) in [5.41, 5.74) is -2.22. The van der Waals surface area contributed by atoms with Crippen molar-refractivity contribution >= 4 is 40.4 Å². The number of rotatable bonds is 6. The Hall–Kier alpha value is -5.90. The molecule has 2 aromatic carbocycles. The molecule has 0 aliphatic carbocycles. The van der Waals surface area contributed by atoms with Crippen LogP contribution in [0, 0.1) is 15.9 Å².